The summed E-state index contributed by atoms with van der Waals surface area (Å²) in [5.74, 6) is 0.678. The van der Waals surface area contributed by atoms with Crippen LogP contribution in [0.4, 0.5) is 0 Å². The molecule has 2 aromatic rings. The molecule has 0 atom stereocenters. The highest BCUT2D eigenvalue weighted by molar-refractivity contribution is 5.57. The number of aromatic nitrogens is 2. The van der Waals surface area contributed by atoms with Crippen molar-refractivity contribution in [1.29, 1.82) is 0 Å². The Morgan fingerprint density at radius 3 is 2.47 bits per heavy atom. The van der Waals surface area contributed by atoms with E-state index in [4.69, 9.17) is 4.11 Å². The van der Waals surface area contributed by atoms with Gasteiger partial charge in [0.2, 0.25) is 0 Å². The smallest absolute Gasteiger partial charge is 0.233 e. The topological polar surface area (TPSA) is 16.8 Å². The summed E-state index contributed by atoms with van der Waals surface area (Å²) >= 11 is 0. The van der Waals surface area contributed by atoms with Crippen LogP contribution in [0.3, 0.4) is 0 Å². The van der Waals surface area contributed by atoms with E-state index in [1.165, 1.54) is 0 Å². The summed E-state index contributed by atoms with van der Waals surface area (Å²) in [5, 5.41) is 0. The first-order chi connectivity index (χ1) is 10.0. The fraction of sp³-hybridized carbons (Fsp3) is 0.412. The predicted octanol–water partition coefficient (Wildman–Crippen LogP) is 3.49. The quantitative estimate of drug-likeness (QED) is 0.716. The molecule has 0 saturated heterocycles. The van der Waals surface area contributed by atoms with E-state index in [1.54, 1.807) is 0 Å². The Bertz CT molecular complexity index is 698. The van der Waals surface area contributed by atoms with E-state index >= 15 is 0 Å². The van der Waals surface area contributed by atoms with Gasteiger partial charge in [0.15, 0.2) is 5.69 Å². The molecule has 2 rings (SSSR count). The van der Waals surface area contributed by atoms with Gasteiger partial charge in [0.1, 0.15) is 0 Å². The van der Waals surface area contributed by atoms with Crippen LogP contribution in [0.2, 0.25) is 0 Å². The van der Waals surface area contributed by atoms with Gasteiger partial charge in [-0.05, 0) is 29.0 Å². The van der Waals surface area contributed by atoms with Crippen molar-refractivity contribution < 1.29 is 8.68 Å². The fourth-order valence-corrected chi connectivity index (χ4v) is 2.18. The Morgan fingerprint density at radius 1 is 1.21 bits per heavy atom. The third-order valence-electron chi connectivity index (χ3n) is 3.32. The molecule has 0 saturated carbocycles. The lowest BCUT2D eigenvalue weighted by Crippen LogP contribution is -2.35. The van der Waals surface area contributed by atoms with Crippen LogP contribution in [-0.2, 0) is 12.5 Å². The summed E-state index contributed by atoms with van der Waals surface area (Å²) < 4.78 is 25.4. The van der Waals surface area contributed by atoms with E-state index < -0.39 is 6.85 Å². The van der Waals surface area contributed by atoms with Gasteiger partial charge in [-0.3, -0.25) is 0 Å². The Morgan fingerprint density at radius 2 is 1.89 bits per heavy atom. The average Bonchev–Trinajstić information content (AvgIpc) is 2.37. The Balaban J connectivity index is 2.77. The summed E-state index contributed by atoms with van der Waals surface area (Å²) in [6.07, 6.45) is 1.90. The maximum Gasteiger partial charge on any atom is 0.330 e. The van der Waals surface area contributed by atoms with Gasteiger partial charge in [0.05, 0.1) is 18.8 Å². The normalized spacial score (nSPS) is 14.7. The number of benzene rings is 1. The lowest BCUT2D eigenvalue weighted by atomic mass is 9.87. The molecule has 0 bridgehead atoms. The highest BCUT2D eigenvalue weighted by Crippen LogP contribution is 2.25. The van der Waals surface area contributed by atoms with Crippen LogP contribution in [0.5, 0.6) is 0 Å². The monoisotopic (exact) mass is 258 g/mol. The standard InChI is InChI=1S/C17H23N2/c1-12-9-7-8-10-14(12)16-18-13(2)15(11-19(16)6)17(3,4)5/h7-11H,1-6H3/q+1/i2D3. The maximum absolute atomic E-state index is 7.84. The zero-order chi connectivity index (χ0) is 16.7. The van der Waals surface area contributed by atoms with Crippen molar-refractivity contribution >= 4 is 0 Å². The molecule has 0 amide bonds. The summed E-state index contributed by atoms with van der Waals surface area (Å²) in [5.41, 5.74) is 2.70. The molecule has 1 aromatic heterocycles. The summed E-state index contributed by atoms with van der Waals surface area (Å²) in [7, 11) is 1.91. The molecule has 0 spiro atoms. The zero-order valence-electron chi connectivity index (χ0n) is 15.3. The van der Waals surface area contributed by atoms with Gasteiger partial charge in [-0.2, -0.15) is 0 Å². The van der Waals surface area contributed by atoms with Crippen molar-refractivity contribution in [3.63, 3.8) is 0 Å². The predicted molar refractivity (Wildman–Crippen MR) is 79.0 cm³/mol. The number of hydrogen-bond acceptors (Lipinski definition) is 1. The Hall–Kier alpha value is -1.70. The molecule has 100 valence electrons. The minimum atomic E-state index is -2.23. The molecule has 0 fully saturated rings. The van der Waals surface area contributed by atoms with E-state index in [-0.39, 0.29) is 11.1 Å². The van der Waals surface area contributed by atoms with E-state index in [9.17, 15) is 0 Å². The lowest BCUT2D eigenvalue weighted by molar-refractivity contribution is -0.663. The summed E-state index contributed by atoms with van der Waals surface area (Å²) in [6.45, 7) is 5.80. The minimum Gasteiger partial charge on any atom is -0.233 e. The fourth-order valence-electron chi connectivity index (χ4n) is 2.18. The number of nitrogens with zero attached hydrogens (tertiary/aromatic N) is 2. The highest BCUT2D eigenvalue weighted by Gasteiger charge is 2.25. The van der Waals surface area contributed by atoms with E-state index in [0.717, 1.165) is 16.7 Å². The first-order valence-electron chi connectivity index (χ1n) is 7.99. The number of aryl methyl sites for hydroxylation is 3. The molecule has 0 radical (unpaired) electrons. The van der Waals surface area contributed by atoms with Crippen LogP contribution in [0.25, 0.3) is 11.4 Å². The van der Waals surface area contributed by atoms with Crippen LogP contribution < -0.4 is 4.57 Å². The second-order valence-corrected chi connectivity index (χ2v) is 6.00. The largest absolute Gasteiger partial charge is 0.330 e. The summed E-state index contributed by atoms with van der Waals surface area (Å²) in [4.78, 5) is 4.54. The first-order valence-corrected chi connectivity index (χ1v) is 6.49. The highest BCUT2D eigenvalue weighted by atomic mass is 15.0. The van der Waals surface area contributed by atoms with Crippen molar-refractivity contribution in [3.8, 4) is 11.4 Å². The second kappa shape index (κ2) is 4.76. The molecule has 0 aliphatic carbocycles. The molecule has 1 aromatic carbocycles. The molecule has 19 heavy (non-hydrogen) atoms. The lowest BCUT2D eigenvalue weighted by Gasteiger charge is -2.18. The molecule has 0 unspecified atom stereocenters. The molecule has 2 nitrogen and oxygen atoms in total. The summed E-state index contributed by atoms with van der Waals surface area (Å²) in [6, 6.07) is 7.88. The van der Waals surface area contributed by atoms with Crippen LogP contribution >= 0.6 is 0 Å². The Labute approximate surface area is 120 Å². The van der Waals surface area contributed by atoms with Crippen molar-refractivity contribution in [2.24, 2.45) is 7.05 Å². The van der Waals surface area contributed by atoms with Gasteiger partial charge >= 0.3 is 5.82 Å². The van der Waals surface area contributed by atoms with Gasteiger partial charge in [-0.15, -0.1) is 0 Å². The van der Waals surface area contributed by atoms with Gasteiger partial charge in [0.25, 0.3) is 0 Å². The molecular weight excluding hydrogens is 232 g/mol. The molecule has 1 heterocycles. The van der Waals surface area contributed by atoms with E-state index in [0.29, 0.717) is 5.82 Å². The van der Waals surface area contributed by atoms with Crippen molar-refractivity contribution in [2.75, 3.05) is 0 Å². The van der Waals surface area contributed by atoms with Crippen molar-refractivity contribution in [1.82, 2.24) is 4.98 Å². The van der Waals surface area contributed by atoms with Crippen LogP contribution in [0.15, 0.2) is 30.5 Å². The molecule has 0 aliphatic heterocycles. The molecule has 2 heteroatoms. The van der Waals surface area contributed by atoms with E-state index in [1.807, 2.05) is 69.8 Å². The first kappa shape index (κ1) is 10.1. The van der Waals surface area contributed by atoms with Gasteiger partial charge in [0, 0.05) is 16.5 Å². The molecular formula is C17H23N2+. The van der Waals surface area contributed by atoms with Crippen LogP contribution in [0, 0.1) is 13.8 Å². The molecule has 0 aliphatic rings. The van der Waals surface area contributed by atoms with Gasteiger partial charge in [-0.25, -0.2) is 4.57 Å². The van der Waals surface area contributed by atoms with Crippen molar-refractivity contribution in [3.05, 3.63) is 47.3 Å². The van der Waals surface area contributed by atoms with Crippen molar-refractivity contribution in [2.45, 2.75) is 40.0 Å². The van der Waals surface area contributed by atoms with Crippen LogP contribution in [-0.4, -0.2) is 4.98 Å². The second-order valence-electron chi connectivity index (χ2n) is 6.00. The third kappa shape index (κ3) is 2.67. The Kier molecular flexibility index (Phi) is 2.54. The SMILES string of the molecule is [2H]C([2H])([2H])c1nc(-c2ccccc2C)[n+](C)cc1C(C)(C)C. The minimum absolute atomic E-state index is 0.191. The van der Waals surface area contributed by atoms with E-state index in [2.05, 4.69) is 4.98 Å². The zero-order valence-corrected chi connectivity index (χ0v) is 12.3. The number of rotatable bonds is 1. The van der Waals surface area contributed by atoms with Gasteiger partial charge in [-0.1, -0.05) is 39.0 Å². The molecule has 0 N–H and O–H groups in total. The number of hydrogen-bond donors (Lipinski definition) is 0. The maximum atomic E-state index is 7.84. The van der Waals surface area contributed by atoms with Gasteiger partial charge < -0.3 is 0 Å². The third-order valence-corrected chi connectivity index (χ3v) is 3.32. The average molecular weight is 258 g/mol. The van der Waals surface area contributed by atoms with Crippen LogP contribution in [0.1, 0.15) is 41.7 Å².